The summed E-state index contributed by atoms with van der Waals surface area (Å²) >= 11 is 1.51. The minimum Gasteiger partial charge on any atom is -0.447 e. The predicted molar refractivity (Wildman–Crippen MR) is 139 cm³/mol. The Kier molecular flexibility index (Phi) is 6.16. The molecule has 1 saturated heterocycles. The fraction of sp³-hybridized carbons (Fsp3) is 0.360. The molecule has 3 aromatic heterocycles. The number of pyridine rings is 1. The molecule has 1 amide bonds. The number of benzene rings is 1. The Morgan fingerprint density at radius 1 is 1.11 bits per heavy atom. The number of hydrogen-bond donors (Lipinski definition) is 3. The highest BCUT2D eigenvalue weighted by atomic mass is 32.1. The van der Waals surface area contributed by atoms with Gasteiger partial charge in [-0.15, -0.1) is 0 Å². The average Bonchev–Trinajstić information content (AvgIpc) is 3.61. The summed E-state index contributed by atoms with van der Waals surface area (Å²) in [6.07, 6.45) is 6.63. The molecule has 10 nitrogen and oxygen atoms in total. The zero-order chi connectivity index (χ0) is 24.5. The number of anilines is 4. The monoisotopic (exact) mass is 505 g/mol. The number of cyclic esters (lactones) is 1. The lowest BCUT2D eigenvalue weighted by Gasteiger charge is -2.27. The Hall–Kier alpha value is -3.70. The van der Waals surface area contributed by atoms with Crippen LogP contribution in [0, 0.1) is 0 Å². The van der Waals surface area contributed by atoms with E-state index < -0.39 is 0 Å². The topological polar surface area (TPSA) is 117 Å². The zero-order valence-electron chi connectivity index (χ0n) is 19.6. The van der Waals surface area contributed by atoms with Gasteiger partial charge in [0, 0.05) is 24.1 Å². The lowest BCUT2D eigenvalue weighted by atomic mass is 9.93. The van der Waals surface area contributed by atoms with Crippen molar-refractivity contribution in [1.82, 2.24) is 19.7 Å². The molecule has 4 aromatic rings. The molecule has 2 aliphatic rings. The number of nitrogens with one attached hydrogen (secondary N) is 2. The van der Waals surface area contributed by atoms with Crippen molar-refractivity contribution in [2.24, 2.45) is 0 Å². The molecule has 4 heterocycles. The van der Waals surface area contributed by atoms with E-state index in [1.165, 1.54) is 11.3 Å². The molecule has 1 saturated carbocycles. The second-order valence-electron chi connectivity index (χ2n) is 9.16. The summed E-state index contributed by atoms with van der Waals surface area (Å²) in [6, 6.07) is 12.0. The van der Waals surface area contributed by atoms with E-state index in [9.17, 15) is 9.90 Å². The maximum absolute atomic E-state index is 11.9. The van der Waals surface area contributed by atoms with Gasteiger partial charge < -0.3 is 20.5 Å². The number of ether oxygens (including phenoxy) is 1. The van der Waals surface area contributed by atoms with Crippen LogP contribution in [0.3, 0.4) is 0 Å². The number of hydrogen-bond acceptors (Lipinski definition) is 9. The fourth-order valence-corrected chi connectivity index (χ4v) is 5.60. The second kappa shape index (κ2) is 9.75. The van der Waals surface area contributed by atoms with Crippen molar-refractivity contribution in [3.63, 3.8) is 0 Å². The van der Waals surface area contributed by atoms with Crippen LogP contribution in [0.5, 0.6) is 0 Å². The van der Waals surface area contributed by atoms with Gasteiger partial charge in [0.05, 0.1) is 29.4 Å². The van der Waals surface area contributed by atoms with Crippen LogP contribution in [-0.2, 0) is 11.3 Å². The van der Waals surface area contributed by atoms with Gasteiger partial charge in [0.15, 0.2) is 5.13 Å². The molecule has 0 radical (unpaired) electrons. The third-order valence-electron chi connectivity index (χ3n) is 6.52. The van der Waals surface area contributed by atoms with Crippen LogP contribution in [0.15, 0.2) is 48.8 Å². The van der Waals surface area contributed by atoms with Gasteiger partial charge in [-0.3, -0.25) is 9.58 Å². The lowest BCUT2D eigenvalue weighted by molar-refractivity contribution is 0.126. The second-order valence-corrected chi connectivity index (χ2v) is 10.2. The van der Waals surface area contributed by atoms with Crippen LogP contribution in [0.4, 0.5) is 27.2 Å². The Labute approximate surface area is 211 Å². The molecule has 0 spiro atoms. The number of rotatable bonds is 7. The van der Waals surface area contributed by atoms with Crippen molar-refractivity contribution in [3.8, 4) is 0 Å². The maximum Gasteiger partial charge on any atom is 0.414 e. The third kappa shape index (κ3) is 4.98. The molecule has 3 N–H and O–H groups in total. The van der Waals surface area contributed by atoms with Gasteiger partial charge in [0.25, 0.3) is 0 Å². The van der Waals surface area contributed by atoms with Crippen LogP contribution in [0.2, 0.25) is 0 Å². The van der Waals surface area contributed by atoms with Gasteiger partial charge in [-0.25, -0.2) is 14.8 Å². The molecule has 1 aromatic carbocycles. The van der Waals surface area contributed by atoms with Gasteiger partial charge in [-0.1, -0.05) is 11.3 Å². The highest BCUT2D eigenvalue weighted by molar-refractivity contribution is 7.22. The summed E-state index contributed by atoms with van der Waals surface area (Å²) in [7, 11) is 0. The Morgan fingerprint density at radius 3 is 2.75 bits per heavy atom. The van der Waals surface area contributed by atoms with Crippen molar-refractivity contribution in [2.75, 3.05) is 28.7 Å². The van der Waals surface area contributed by atoms with Crippen molar-refractivity contribution >= 4 is 50.1 Å². The van der Waals surface area contributed by atoms with Gasteiger partial charge in [0.1, 0.15) is 18.2 Å². The van der Waals surface area contributed by atoms with Crippen LogP contribution < -0.4 is 15.5 Å². The van der Waals surface area contributed by atoms with Gasteiger partial charge in [-0.2, -0.15) is 5.10 Å². The first-order valence-electron chi connectivity index (χ1n) is 12.1. The Morgan fingerprint density at radius 2 is 1.97 bits per heavy atom. The summed E-state index contributed by atoms with van der Waals surface area (Å²) in [5.41, 5.74) is 2.72. The molecular formula is C25H27N7O3S. The van der Waals surface area contributed by atoms with E-state index in [-0.39, 0.29) is 18.2 Å². The largest absolute Gasteiger partial charge is 0.447 e. The first kappa shape index (κ1) is 22.7. The van der Waals surface area contributed by atoms with E-state index in [0.29, 0.717) is 25.5 Å². The predicted octanol–water partition coefficient (Wildman–Crippen LogP) is 4.35. The van der Waals surface area contributed by atoms with Gasteiger partial charge in [0.2, 0.25) is 0 Å². The number of carbonyl (C=O) groups excluding carboxylic acids is 1. The molecule has 0 unspecified atom stereocenters. The summed E-state index contributed by atoms with van der Waals surface area (Å²) < 4.78 is 7.92. The van der Waals surface area contributed by atoms with Gasteiger partial charge in [-0.05, 0) is 67.6 Å². The van der Waals surface area contributed by atoms with E-state index in [4.69, 9.17) is 14.7 Å². The number of aromatic nitrogens is 4. The molecule has 0 bridgehead atoms. The summed E-state index contributed by atoms with van der Waals surface area (Å²) in [6.45, 7) is 1.58. The molecule has 0 atom stereocenters. The minimum absolute atomic E-state index is 0.199. The van der Waals surface area contributed by atoms with Crippen LogP contribution in [-0.4, -0.2) is 56.2 Å². The lowest BCUT2D eigenvalue weighted by Crippen LogP contribution is -2.28. The third-order valence-corrected chi connectivity index (χ3v) is 7.45. The number of fused-ring (bicyclic) bond motifs is 1. The van der Waals surface area contributed by atoms with E-state index in [0.717, 1.165) is 58.1 Å². The Bertz CT molecular complexity index is 1370. The highest BCUT2D eigenvalue weighted by Gasteiger charge is 2.24. The molecule has 1 aliphatic carbocycles. The molecule has 6 rings (SSSR count). The van der Waals surface area contributed by atoms with Crippen LogP contribution >= 0.6 is 11.3 Å². The molecule has 2 fully saturated rings. The minimum atomic E-state index is -0.317. The number of aliphatic hydroxyl groups excluding tert-OH is 1. The first-order valence-corrected chi connectivity index (χ1v) is 13.0. The van der Waals surface area contributed by atoms with E-state index in [1.54, 1.807) is 11.1 Å². The van der Waals surface area contributed by atoms with Crippen LogP contribution in [0.1, 0.15) is 31.2 Å². The first-order chi connectivity index (χ1) is 17.6. The van der Waals surface area contributed by atoms with Crippen molar-refractivity contribution < 1.29 is 14.6 Å². The van der Waals surface area contributed by atoms with Crippen molar-refractivity contribution in [2.45, 2.75) is 44.4 Å². The summed E-state index contributed by atoms with van der Waals surface area (Å²) in [4.78, 5) is 23.1. The molecule has 11 heteroatoms. The smallest absolute Gasteiger partial charge is 0.414 e. The normalized spacial score (nSPS) is 20.0. The number of carbonyl (C=O) groups is 1. The molecular weight excluding hydrogens is 478 g/mol. The molecule has 1 aliphatic heterocycles. The standard InChI is InChI=1S/C25H27N7O3S/c33-19-5-2-17(3-6-19)27-22-12-16(15-31-9-1-8-26-31)13-23(29-22)30-24-28-20-7-4-18(14-21(20)36-24)32-10-11-35-25(32)34/h1,4,7-9,12-14,17,19,33H,2-3,5-6,10-11,15H2,(H2,27,28,29,30)/t17-,19-. The van der Waals surface area contributed by atoms with Gasteiger partial charge >= 0.3 is 6.09 Å². The van der Waals surface area contributed by atoms with E-state index in [2.05, 4.69) is 21.8 Å². The van der Waals surface area contributed by atoms with Crippen LogP contribution in [0.25, 0.3) is 10.2 Å². The number of thiazole rings is 1. The maximum atomic E-state index is 11.9. The number of nitrogens with zero attached hydrogens (tertiary/aromatic N) is 5. The van der Waals surface area contributed by atoms with Crippen molar-refractivity contribution in [1.29, 1.82) is 0 Å². The number of amides is 1. The van der Waals surface area contributed by atoms with E-state index >= 15 is 0 Å². The number of aliphatic hydroxyl groups is 1. The highest BCUT2D eigenvalue weighted by Crippen LogP contribution is 2.32. The zero-order valence-corrected chi connectivity index (χ0v) is 20.4. The SMILES string of the molecule is O=C1OCCN1c1ccc2nc(Nc3cc(Cn4cccn4)cc(N[C@H]4CC[C@H](O)CC4)n3)sc2c1. The summed E-state index contributed by atoms with van der Waals surface area (Å²) in [5.74, 6) is 1.49. The molecule has 186 valence electrons. The quantitative estimate of drug-likeness (QED) is 0.339. The van der Waals surface area contributed by atoms with Crippen molar-refractivity contribution in [3.05, 3.63) is 54.4 Å². The average molecular weight is 506 g/mol. The fourth-order valence-electron chi connectivity index (χ4n) is 4.70. The Balaban J connectivity index is 1.25. The molecule has 36 heavy (non-hydrogen) atoms. The van der Waals surface area contributed by atoms with E-state index in [1.807, 2.05) is 41.2 Å². The summed E-state index contributed by atoms with van der Waals surface area (Å²) in [5, 5.41) is 21.8.